The van der Waals surface area contributed by atoms with E-state index in [1.807, 2.05) is 7.05 Å². The topological polar surface area (TPSA) is 54.9 Å². The van der Waals surface area contributed by atoms with Gasteiger partial charge in [0.1, 0.15) is 0 Å². The average Bonchev–Trinajstić information content (AvgIpc) is 3.19. The molecule has 3 rings (SSSR count). The SMILES string of the molecule is CN=C(NCCCOCC1CCOC1)NC1CC1C1CCCCC1.I. The molecular weight excluding hydrogens is 429 g/mol. The van der Waals surface area contributed by atoms with Crippen molar-refractivity contribution < 1.29 is 9.47 Å². The van der Waals surface area contributed by atoms with Crippen LogP contribution in [-0.4, -0.2) is 52.0 Å². The summed E-state index contributed by atoms with van der Waals surface area (Å²) in [5.41, 5.74) is 0. The van der Waals surface area contributed by atoms with Crippen LogP contribution in [0.2, 0.25) is 0 Å². The molecule has 1 heterocycles. The van der Waals surface area contributed by atoms with Crippen molar-refractivity contribution >= 4 is 29.9 Å². The molecule has 6 heteroatoms. The fourth-order valence-electron chi connectivity index (χ4n) is 4.18. The first kappa shape index (κ1) is 21.2. The second kappa shape index (κ2) is 11.6. The van der Waals surface area contributed by atoms with E-state index < -0.39 is 0 Å². The Morgan fingerprint density at radius 2 is 2.04 bits per heavy atom. The maximum Gasteiger partial charge on any atom is 0.191 e. The fraction of sp³-hybridized carbons (Fsp3) is 0.947. The summed E-state index contributed by atoms with van der Waals surface area (Å²) in [4.78, 5) is 4.37. The van der Waals surface area contributed by atoms with Gasteiger partial charge in [-0.2, -0.15) is 0 Å². The minimum Gasteiger partial charge on any atom is -0.381 e. The minimum atomic E-state index is 0. The molecule has 3 aliphatic rings. The van der Waals surface area contributed by atoms with Gasteiger partial charge >= 0.3 is 0 Å². The van der Waals surface area contributed by atoms with Gasteiger partial charge in [-0.3, -0.25) is 4.99 Å². The molecule has 146 valence electrons. The minimum absolute atomic E-state index is 0. The number of halogens is 1. The number of guanidine groups is 1. The molecule has 0 spiro atoms. The summed E-state index contributed by atoms with van der Waals surface area (Å²) >= 11 is 0. The van der Waals surface area contributed by atoms with E-state index in [9.17, 15) is 0 Å². The van der Waals surface area contributed by atoms with Gasteiger partial charge in [0.05, 0.1) is 13.2 Å². The Bertz CT molecular complexity index is 396. The van der Waals surface area contributed by atoms with Crippen LogP contribution >= 0.6 is 24.0 Å². The third-order valence-corrected chi connectivity index (χ3v) is 5.78. The van der Waals surface area contributed by atoms with E-state index in [4.69, 9.17) is 9.47 Å². The Morgan fingerprint density at radius 1 is 1.20 bits per heavy atom. The summed E-state index contributed by atoms with van der Waals surface area (Å²) in [6.07, 6.45) is 10.7. The van der Waals surface area contributed by atoms with E-state index >= 15 is 0 Å². The number of ether oxygens (including phenoxy) is 2. The summed E-state index contributed by atoms with van der Waals surface area (Å²) < 4.78 is 11.1. The van der Waals surface area contributed by atoms with E-state index in [2.05, 4.69) is 15.6 Å². The zero-order valence-corrected chi connectivity index (χ0v) is 18.0. The fourth-order valence-corrected chi connectivity index (χ4v) is 4.18. The lowest BCUT2D eigenvalue weighted by atomic mass is 9.85. The summed E-state index contributed by atoms with van der Waals surface area (Å²) in [5.74, 6) is 3.42. The number of hydrogen-bond acceptors (Lipinski definition) is 3. The van der Waals surface area contributed by atoms with Crippen LogP contribution in [0.25, 0.3) is 0 Å². The molecule has 3 unspecified atom stereocenters. The molecule has 25 heavy (non-hydrogen) atoms. The second-order valence-electron chi connectivity index (χ2n) is 7.71. The highest BCUT2D eigenvalue weighted by Crippen LogP contribution is 2.44. The summed E-state index contributed by atoms with van der Waals surface area (Å²) in [5, 5.41) is 7.03. The van der Waals surface area contributed by atoms with Gasteiger partial charge < -0.3 is 20.1 Å². The maximum absolute atomic E-state index is 5.74. The van der Waals surface area contributed by atoms with Gasteiger partial charge in [0.15, 0.2) is 5.96 Å². The molecule has 0 bridgehead atoms. The van der Waals surface area contributed by atoms with Crippen LogP contribution in [-0.2, 0) is 9.47 Å². The Morgan fingerprint density at radius 3 is 2.76 bits per heavy atom. The highest BCUT2D eigenvalue weighted by Gasteiger charge is 2.43. The third kappa shape index (κ3) is 7.21. The molecule has 0 radical (unpaired) electrons. The second-order valence-corrected chi connectivity index (χ2v) is 7.71. The molecule has 2 aliphatic carbocycles. The van der Waals surface area contributed by atoms with E-state index in [-0.39, 0.29) is 24.0 Å². The lowest BCUT2D eigenvalue weighted by molar-refractivity contribution is 0.0888. The quantitative estimate of drug-likeness (QED) is 0.250. The maximum atomic E-state index is 5.74. The largest absolute Gasteiger partial charge is 0.381 e. The van der Waals surface area contributed by atoms with Gasteiger partial charge in [0.2, 0.25) is 0 Å². The highest BCUT2D eigenvalue weighted by molar-refractivity contribution is 14.0. The van der Waals surface area contributed by atoms with Crippen molar-refractivity contribution in [3.05, 3.63) is 0 Å². The van der Waals surface area contributed by atoms with Gasteiger partial charge in [-0.1, -0.05) is 32.1 Å². The molecule has 1 aliphatic heterocycles. The summed E-state index contributed by atoms with van der Waals surface area (Å²) in [6.45, 7) is 4.35. The highest BCUT2D eigenvalue weighted by atomic mass is 127. The number of rotatable bonds is 8. The van der Waals surface area contributed by atoms with Crippen LogP contribution < -0.4 is 10.6 Å². The predicted molar refractivity (Wildman–Crippen MR) is 113 cm³/mol. The smallest absolute Gasteiger partial charge is 0.191 e. The van der Waals surface area contributed by atoms with Crippen LogP contribution in [0.4, 0.5) is 0 Å². The zero-order valence-electron chi connectivity index (χ0n) is 15.7. The first-order valence-corrected chi connectivity index (χ1v) is 9.99. The first-order valence-electron chi connectivity index (χ1n) is 9.99. The Labute approximate surface area is 170 Å². The van der Waals surface area contributed by atoms with Crippen molar-refractivity contribution in [1.82, 2.24) is 10.6 Å². The van der Waals surface area contributed by atoms with E-state index in [0.717, 1.165) is 63.6 Å². The Kier molecular flexibility index (Phi) is 9.84. The monoisotopic (exact) mass is 465 g/mol. The molecule has 1 saturated heterocycles. The molecule has 0 aromatic heterocycles. The number of nitrogens with one attached hydrogen (secondary N) is 2. The summed E-state index contributed by atoms with van der Waals surface area (Å²) in [6, 6.07) is 0.651. The molecular formula is C19H36IN3O2. The average molecular weight is 465 g/mol. The van der Waals surface area contributed by atoms with Crippen molar-refractivity contribution in [2.24, 2.45) is 22.7 Å². The van der Waals surface area contributed by atoms with Crippen LogP contribution in [0.3, 0.4) is 0 Å². The Hall–Kier alpha value is -0.0800. The van der Waals surface area contributed by atoms with Crippen molar-refractivity contribution in [3.8, 4) is 0 Å². The standard InChI is InChI=1S/C19H35N3O2.HI/c1-20-19(21-9-5-10-23-13-15-8-11-24-14-15)22-18-12-17(18)16-6-3-2-4-7-16;/h15-18H,2-14H2,1H3,(H2,20,21,22);1H. The van der Waals surface area contributed by atoms with Gasteiger partial charge in [-0.25, -0.2) is 0 Å². The van der Waals surface area contributed by atoms with Gasteiger partial charge in [-0.15, -0.1) is 24.0 Å². The molecule has 0 aromatic carbocycles. The van der Waals surface area contributed by atoms with Crippen LogP contribution in [0, 0.1) is 17.8 Å². The van der Waals surface area contributed by atoms with Gasteiger partial charge in [0, 0.05) is 38.8 Å². The molecule has 5 nitrogen and oxygen atoms in total. The number of aliphatic imine (C=N–C) groups is 1. The van der Waals surface area contributed by atoms with Gasteiger partial charge in [0.25, 0.3) is 0 Å². The number of hydrogen-bond donors (Lipinski definition) is 2. The van der Waals surface area contributed by atoms with Crippen molar-refractivity contribution in [2.75, 3.05) is 40.0 Å². The number of nitrogens with zero attached hydrogens (tertiary/aromatic N) is 1. The first-order chi connectivity index (χ1) is 11.9. The Balaban J connectivity index is 0.00000225. The zero-order chi connectivity index (χ0) is 16.6. The van der Waals surface area contributed by atoms with Crippen molar-refractivity contribution in [2.45, 2.75) is 57.4 Å². The molecule has 3 atom stereocenters. The third-order valence-electron chi connectivity index (χ3n) is 5.78. The van der Waals surface area contributed by atoms with E-state index in [1.54, 1.807) is 0 Å². The predicted octanol–water partition coefficient (Wildman–Crippen LogP) is 3.18. The van der Waals surface area contributed by atoms with Gasteiger partial charge in [-0.05, 0) is 31.1 Å². The van der Waals surface area contributed by atoms with Crippen LogP contribution in [0.1, 0.15) is 51.4 Å². The van der Waals surface area contributed by atoms with Crippen LogP contribution in [0.15, 0.2) is 4.99 Å². The molecule has 0 amide bonds. The molecule has 3 fully saturated rings. The lowest BCUT2D eigenvalue weighted by Gasteiger charge is -2.22. The van der Waals surface area contributed by atoms with E-state index in [1.165, 1.54) is 38.5 Å². The molecule has 2 saturated carbocycles. The van der Waals surface area contributed by atoms with E-state index in [0.29, 0.717) is 12.0 Å². The van der Waals surface area contributed by atoms with Crippen molar-refractivity contribution in [1.29, 1.82) is 0 Å². The summed E-state index contributed by atoms with van der Waals surface area (Å²) in [7, 11) is 1.87. The van der Waals surface area contributed by atoms with Crippen molar-refractivity contribution in [3.63, 3.8) is 0 Å². The molecule has 2 N–H and O–H groups in total. The molecule has 0 aromatic rings. The lowest BCUT2D eigenvalue weighted by Crippen LogP contribution is -2.40. The van der Waals surface area contributed by atoms with Crippen LogP contribution in [0.5, 0.6) is 0 Å². The normalized spacial score (nSPS) is 30.0.